The maximum absolute atomic E-state index is 12.5. The fourth-order valence-corrected chi connectivity index (χ4v) is 3.23. The molecule has 0 bridgehead atoms. The summed E-state index contributed by atoms with van der Waals surface area (Å²) in [6.45, 7) is 5.13. The molecule has 146 valence electrons. The van der Waals surface area contributed by atoms with E-state index in [1.807, 2.05) is 36.7 Å². The van der Waals surface area contributed by atoms with Gasteiger partial charge in [-0.2, -0.15) is 5.10 Å². The van der Waals surface area contributed by atoms with E-state index >= 15 is 0 Å². The zero-order chi connectivity index (χ0) is 20.2. The van der Waals surface area contributed by atoms with Crippen LogP contribution in [0.4, 0.5) is 0 Å². The first-order valence-electron chi connectivity index (χ1n) is 9.33. The number of benzene rings is 2. The van der Waals surface area contributed by atoms with Crippen LogP contribution in [0.25, 0.3) is 11.5 Å². The molecule has 0 unspecified atom stereocenters. The molecule has 4 rings (SSSR count). The highest BCUT2D eigenvalue weighted by Gasteiger charge is 2.14. The van der Waals surface area contributed by atoms with Gasteiger partial charge in [-0.05, 0) is 43.7 Å². The van der Waals surface area contributed by atoms with Crippen LogP contribution in [0.5, 0.6) is 0 Å². The molecule has 0 spiro atoms. The van der Waals surface area contributed by atoms with Crippen molar-refractivity contribution in [2.24, 2.45) is 0 Å². The summed E-state index contributed by atoms with van der Waals surface area (Å²) in [5.74, 6) is 0.283. The number of rotatable bonds is 6. The standard InChI is InChI=1S/C22H21N5O2/c1-15-20(16(2)27(26-15)13-17-6-4-3-5-7-17)12-23-21(28)18-8-10-19(11-9-18)22-25-24-14-29-22/h3-11,14H,12-13H2,1-2H3,(H,23,28). The molecular formula is C22H21N5O2. The average molecular weight is 387 g/mol. The van der Waals surface area contributed by atoms with E-state index in [2.05, 4.69) is 32.7 Å². The second-order valence-electron chi connectivity index (χ2n) is 6.80. The molecule has 0 radical (unpaired) electrons. The van der Waals surface area contributed by atoms with Crippen LogP contribution in [0.15, 0.2) is 65.4 Å². The van der Waals surface area contributed by atoms with Crippen LogP contribution < -0.4 is 5.32 Å². The maximum atomic E-state index is 12.5. The van der Waals surface area contributed by atoms with Gasteiger partial charge in [-0.3, -0.25) is 9.48 Å². The van der Waals surface area contributed by atoms with Gasteiger partial charge in [-0.25, -0.2) is 0 Å². The molecule has 2 heterocycles. The van der Waals surface area contributed by atoms with Gasteiger partial charge < -0.3 is 9.73 Å². The first-order chi connectivity index (χ1) is 14.1. The maximum Gasteiger partial charge on any atom is 0.251 e. The number of hydrogen-bond acceptors (Lipinski definition) is 5. The van der Waals surface area contributed by atoms with Crippen LogP contribution in [0.2, 0.25) is 0 Å². The third-order valence-corrected chi connectivity index (χ3v) is 4.89. The number of carbonyl (C=O) groups excluding carboxylic acids is 1. The Balaban J connectivity index is 1.43. The molecule has 0 fully saturated rings. The third-order valence-electron chi connectivity index (χ3n) is 4.89. The monoisotopic (exact) mass is 387 g/mol. The van der Waals surface area contributed by atoms with Crippen molar-refractivity contribution in [3.63, 3.8) is 0 Å². The van der Waals surface area contributed by atoms with E-state index in [9.17, 15) is 4.79 Å². The number of aromatic nitrogens is 4. The van der Waals surface area contributed by atoms with E-state index in [1.54, 1.807) is 24.3 Å². The number of aryl methyl sites for hydroxylation is 1. The molecule has 0 atom stereocenters. The Labute approximate surface area is 168 Å². The van der Waals surface area contributed by atoms with Gasteiger partial charge in [-0.15, -0.1) is 10.2 Å². The van der Waals surface area contributed by atoms with Gasteiger partial charge in [0.2, 0.25) is 12.3 Å². The molecular weight excluding hydrogens is 366 g/mol. The molecule has 1 amide bonds. The summed E-state index contributed by atoms with van der Waals surface area (Å²) in [6, 6.07) is 17.3. The van der Waals surface area contributed by atoms with Gasteiger partial charge in [-0.1, -0.05) is 30.3 Å². The predicted molar refractivity (Wildman–Crippen MR) is 108 cm³/mol. The number of nitrogens with one attached hydrogen (secondary N) is 1. The number of carbonyl (C=O) groups is 1. The summed E-state index contributed by atoms with van der Waals surface area (Å²) in [5.41, 5.74) is 5.55. The first-order valence-corrected chi connectivity index (χ1v) is 9.33. The van der Waals surface area contributed by atoms with E-state index in [4.69, 9.17) is 4.42 Å². The lowest BCUT2D eigenvalue weighted by atomic mass is 10.1. The van der Waals surface area contributed by atoms with Crippen LogP contribution in [0, 0.1) is 13.8 Å². The Morgan fingerprint density at radius 1 is 1.07 bits per heavy atom. The third kappa shape index (κ3) is 4.08. The molecule has 29 heavy (non-hydrogen) atoms. The molecule has 0 aliphatic heterocycles. The minimum absolute atomic E-state index is 0.142. The number of hydrogen-bond donors (Lipinski definition) is 1. The smallest absolute Gasteiger partial charge is 0.251 e. The molecule has 0 saturated carbocycles. The van der Waals surface area contributed by atoms with Gasteiger partial charge >= 0.3 is 0 Å². The van der Waals surface area contributed by atoms with Crippen LogP contribution >= 0.6 is 0 Å². The minimum Gasteiger partial charge on any atom is -0.423 e. The Morgan fingerprint density at radius 3 is 2.52 bits per heavy atom. The summed E-state index contributed by atoms with van der Waals surface area (Å²) in [7, 11) is 0. The van der Waals surface area contributed by atoms with Gasteiger partial charge in [0.05, 0.1) is 12.2 Å². The molecule has 1 N–H and O–H groups in total. The molecule has 7 nitrogen and oxygen atoms in total. The number of amides is 1. The highest BCUT2D eigenvalue weighted by Crippen LogP contribution is 2.18. The topological polar surface area (TPSA) is 85.8 Å². The molecule has 2 aromatic heterocycles. The Morgan fingerprint density at radius 2 is 1.83 bits per heavy atom. The molecule has 4 aromatic rings. The summed E-state index contributed by atoms with van der Waals surface area (Å²) < 4.78 is 7.14. The first kappa shape index (κ1) is 18.6. The average Bonchev–Trinajstić information content (AvgIpc) is 3.37. The highest BCUT2D eigenvalue weighted by atomic mass is 16.4. The van der Waals surface area contributed by atoms with E-state index in [0.717, 1.165) is 22.5 Å². The lowest BCUT2D eigenvalue weighted by Gasteiger charge is -2.08. The van der Waals surface area contributed by atoms with Crippen LogP contribution in [-0.2, 0) is 13.1 Å². The second kappa shape index (κ2) is 8.10. The molecule has 0 aliphatic rings. The predicted octanol–water partition coefficient (Wildman–Crippen LogP) is 3.53. The summed E-state index contributed by atoms with van der Waals surface area (Å²) in [4.78, 5) is 12.5. The van der Waals surface area contributed by atoms with Crippen molar-refractivity contribution in [2.45, 2.75) is 26.9 Å². The van der Waals surface area contributed by atoms with Crippen molar-refractivity contribution in [2.75, 3.05) is 0 Å². The van der Waals surface area contributed by atoms with Crippen molar-refractivity contribution in [3.8, 4) is 11.5 Å². The van der Waals surface area contributed by atoms with Gasteiger partial charge in [0.1, 0.15) is 0 Å². The minimum atomic E-state index is -0.142. The summed E-state index contributed by atoms with van der Waals surface area (Å²) in [6.07, 6.45) is 1.28. The zero-order valence-electron chi connectivity index (χ0n) is 16.3. The SMILES string of the molecule is Cc1nn(Cc2ccccc2)c(C)c1CNC(=O)c1ccc(-c2nnco2)cc1. The summed E-state index contributed by atoms with van der Waals surface area (Å²) in [5, 5.41) is 15.1. The Hall–Kier alpha value is -3.74. The fraction of sp³-hybridized carbons (Fsp3) is 0.182. The quantitative estimate of drug-likeness (QED) is 0.547. The number of nitrogens with zero attached hydrogens (tertiary/aromatic N) is 4. The Bertz CT molecular complexity index is 1100. The van der Waals surface area contributed by atoms with Crippen molar-refractivity contribution in [1.29, 1.82) is 0 Å². The summed E-state index contributed by atoms with van der Waals surface area (Å²) >= 11 is 0. The zero-order valence-corrected chi connectivity index (χ0v) is 16.3. The van der Waals surface area contributed by atoms with Gasteiger partial charge in [0, 0.05) is 28.9 Å². The Kier molecular flexibility index (Phi) is 5.20. The molecule has 0 aliphatic carbocycles. The fourth-order valence-electron chi connectivity index (χ4n) is 3.23. The lowest BCUT2D eigenvalue weighted by molar-refractivity contribution is 0.0951. The van der Waals surface area contributed by atoms with Gasteiger partial charge in [0.15, 0.2) is 0 Å². The molecule has 2 aromatic carbocycles. The van der Waals surface area contributed by atoms with Crippen LogP contribution in [0.1, 0.15) is 32.9 Å². The van der Waals surface area contributed by atoms with E-state index in [1.165, 1.54) is 12.0 Å². The van der Waals surface area contributed by atoms with E-state index in [0.29, 0.717) is 24.5 Å². The molecule has 0 saturated heterocycles. The van der Waals surface area contributed by atoms with E-state index < -0.39 is 0 Å². The highest BCUT2D eigenvalue weighted by molar-refractivity contribution is 5.94. The van der Waals surface area contributed by atoms with Crippen LogP contribution in [-0.4, -0.2) is 25.9 Å². The van der Waals surface area contributed by atoms with Crippen LogP contribution in [0.3, 0.4) is 0 Å². The van der Waals surface area contributed by atoms with E-state index in [-0.39, 0.29) is 5.91 Å². The molecule has 7 heteroatoms. The lowest BCUT2D eigenvalue weighted by Crippen LogP contribution is -2.23. The van der Waals surface area contributed by atoms with Crippen molar-refractivity contribution < 1.29 is 9.21 Å². The normalized spacial score (nSPS) is 10.8. The van der Waals surface area contributed by atoms with Crippen molar-refractivity contribution >= 4 is 5.91 Å². The van der Waals surface area contributed by atoms with Crippen molar-refractivity contribution in [3.05, 3.63) is 89.1 Å². The van der Waals surface area contributed by atoms with Gasteiger partial charge in [0.25, 0.3) is 5.91 Å². The second-order valence-corrected chi connectivity index (χ2v) is 6.80. The largest absolute Gasteiger partial charge is 0.423 e. The van der Waals surface area contributed by atoms with Crippen molar-refractivity contribution in [1.82, 2.24) is 25.3 Å².